The van der Waals surface area contributed by atoms with Gasteiger partial charge in [-0.3, -0.25) is 24.5 Å². The Morgan fingerprint density at radius 1 is 1.52 bits per heavy atom. The zero-order valence-corrected chi connectivity index (χ0v) is 12.9. The smallest absolute Gasteiger partial charge is 0.270 e. The zero-order chi connectivity index (χ0) is 16.4. The lowest BCUT2D eigenvalue weighted by Crippen LogP contribution is -2.47. The Labute approximate surface area is 133 Å². The number of amides is 1. The molecule has 1 amide bonds. The topological polar surface area (TPSA) is 93.3 Å². The van der Waals surface area contributed by atoms with Crippen molar-refractivity contribution in [3.63, 3.8) is 0 Å². The molecule has 1 aromatic carbocycles. The van der Waals surface area contributed by atoms with Crippen LogP contribution in [0, 0.1) is 10.1 Å². The fraction of sp³-hybridized carbons (Fsp3) is 0.467. The van der Waals surface area contributed by atoms with Gasteiger partial charge >= 0.3 is 0 Å². The molecule has 1 aliphatic rings. The van der Waals surface area contributed by atoms with Crippen LogP contribution in [0.2, 0.25) is 0 Å². The van der Waals surface area contributed by atoms with E-state index >= 15 is 0 Å². The molecular formula is C15H19N5O3. The minimum atomic E-state index is -0.403. The molecule has 0 aliphatic carbocycles. The predicted octanol–water partition coefficient (Wildman–Crippen LogP) is 1.50. The van der Waals surface area contributed by atoms with Gasteiger partial charge in [-0.15, -0.1) is 0 Å². The average molecular weight is 317 g/mol. The number of benzene rings is 1. The lowest BCUT2D eigenvalue weighted by atomic mass is 10.1. The molecule has 2 heterocycles. The maximum Gasteiger partial charge on any atom is 0.270 e. The Bertz CT molecular complexity index is 742. The largest absolute Gasteiger partial charge is 0.352 e. The monoisotopic (exact) mass is 317 g/mol. The Morgan fingerprint density at radius 2 is 2.35 bits per heavy atom. The SMILES string of the molecule is CC(=O)N[C@H]1CCCN(Cn2ncc3cc([N+](=O)[O-])ccc32)C1. The molecule has 0 bridgehead atoms. The van der Waals surface area contributed by atoms with E-state index in [0.717, 1.165) is 36.8 Å². The first-order valence-corrected chi connectivity index (χ1v) is 7.62. The van der Waals surface area contributed by atoms with Crippen LogP contribution in [0.1, 0.15) is 19.8 Å². The number of hydrogen-bond acceptors (Lipinski definition) is 5. The van der Waals surface area contributed by atoms with Gasteiger partial charge in [0.1, 0.15) is 0 Å². The number of piperidine rings is 1. The van der Waals surface area contributed by atoms with Crippen molar-refractivity contribution in [2.24, 2.45) is 0 Å². The van der Waals surface area contributed by atoms with E-state index in [1.54, 1.807) is 12.3 Å². The van der Waals surface area contributed by atoms with E-state index < -0.39 is 4.92 Å². The number of rotatable bonds is 4. The highest BCUT2D eigenvalue weighted by Crippen LogP contribution is 2.21. The van der Waals surface area contributed by atoms with Crippen molar-refractivity contribution in [3.05, 3.63) is 34.5 Å². The van der Waals surface area contributed by atoms with Gasteiger partial charge in [0.2, 0.25) is 5.91 Å². The molecule has 1 fully saturated rings. The highest BCUT2D eigenvalue weighted by atomic mass is 16.6. The van der Waals surface area contributed by atoms with Crippen LogP contribution < -0.4 is 5.32 Å². The van der Waals surface area contributed by atoms with Gasteiger partial charge in [-0.05, 0) is 18.9 Å². The highest BCUT2D eigenvalue weighted by Gasteiger charge is 2.21. The molecule has 8 nitrogen and oxygen atoms in total. The van der Waals surface area contributed by atoms with Crippen molar-refractivity contribution in [3.8, 4) is 0 Å². The lowest BCUT2D eigenvalue weighted by molar-refractivity contribution is -0.384. The van der Waals surface area contributed by atoms with Crippen molar-refractivity contribution in [2.75, 3.05) is 13.1 Å². The number of nitrogens with zero attached hydrogens (tertiary/aromatic N) is 4. The summed E-state index contributed by atoms with van der Waals surface area (Å²) < 4.78 is 1.84. The molecule has 1 atom stereocenters. The van der Waals surface area contributed by atoms with Crippen LogP contribution in [0.25, 0.3) is 10.9 Å². The number of aromatic nitrogens is 2. The second kappa shape index (κ2) is 6.33. The number of carbonyl (C=O) groups is 1. The third-order valence-corrected chi connectivity index (χ3v) is 4.08. The molecule has 23 heavy (non-hydrogen) atoms. The molecule has 1 aromatic heterocycles. The summed E-state index contributed by atoms with van der Waals surface area (Å²) in [5, 5.41) is 18.9. The van der Waals surface area contributed by atoms with Crippen LogP contribution in [-0.4, -0.2) is 44.6 Å². The van der Waals surface area contributed by atoms with Gasteiger partial charge in [0, 0.05) is 43.6 Å². The summed E-state index contributed by atoms with van der Waals surface area (Å²) in [6.45, 7) is 3.88. The number of nitro benzene ring substituents is 1. The summed E-state index contributed by atoms with van der Waals surface area (Å²) in [4.78, 5) is 23.9. The van der Waals surface area contributed by atoms with Gasteiger partial charge < -0.3 is 5.32 Å². The van der Waals surface area contributed by atoms with Gasteiger partial charge in [0.15, 0.2) is 0 Å². The standard InChI is InChI=1S/C15H19N5O3/c1-11(21)17-13-3-2-6-18(9-13)10-19-15-5-4-14(20(22)23)7-12(15)8-16-19/h4-5,7-8,13H,2-3,6,9-10H2,1H3,(H,17,21)/t13-/m0/s1. The summed E-state index contributed by atoms with van der Waals surface area (Å²) in [5.41, 5.74) is 0.943. The normalized spacial score (nSPS) is 18.9. The van der Waals surface area contributed by atoms with Crippen molar-refractivity contribution >= 4 is 22.5 Å². The maximum atomic E-state index is 11.2. The average Bonchev–Trinajstić information content (AvgIpc) is 2.89. The summed E-state index contributed by atoms with van der Waals surface area (Å²) >= 11 is 0. The van der Waals surface area contributed by atoms with E-state index in [4.69, 9.17) is 0 Å². The molecule has 122 valence electrons. The van der Waals surface area contributed by atoms with Crippen molar-refractivity contribution in [2.45, 2.75) is 32.5 Å². The fourth-order valence-corrected chi connectivity index (χ4v) is 3.08. The molecule has 0 unspecified atom stereocenters. The number of nitro groups is 1. The number of non-ortho nitro benzene ring substituents is 1. The van der Waals surface area contributed by atoms with Crippen molar-refractivity contribution in [1.82, 2.24) is 20.0 Å². The van der Waals surface area contributed by atoms with Gasteiger partial charge in [-0.25, -0.2) is 0 Å². The van der Waals surface area contributed by atoms with E-state index in [0.29, 0.717) is 6.67 Å². The second-order valence-corrected chi connectivity index (χ2v) is 5.90. The number of fused-ring (bicyclic) bond motifs is 1. The van der Waals surface area contributed by atoms with Gasteiger partial charge in [0.05, 0.1) is 23.3 Å². The van der Waals surface area contributed by atoms with E-state index in [1.807, 2.05) is 4.68 Å². The first kappa shape index (κ1) is 15.4. The van der Waals surface area contributed by atoms with E-state index in [2.05, 4.69) is 15.3 Å². The van der Waals surface area contributed by atoms with E-state index in [-0.39, 0.29) is 17.6 Å². The quantitative estimate of drug-likeness (QED) is 0.681. The maximum absolute atomic E-state index is 11.2. The Hall–Kier alpha value is -2.48. The lowest BCUT2D eigenvalue weighted by Gasteiger charge is -2.32. The first-order chi connectivity index (χ1) is 11.0. The predicted molar refractivity (Wildman–Crippen MR) is 84.8 cm³/mol. The highest BCUT2D eigenvalue weighted by molar-refractivity contribution is 5.81. The molecule has 8 heteroatoms. The van der Waals surface area contributed by atoms with Crippen LogP contribution in [0.3, 0.4) is 0 Å². The van der Waals surface area contributed by atoms with Crippen LogP contribution in [0.4, 0.5) is 5.69 Å². The molecule has 0 spiro atoms. The molecular weight excluding hydrogens is 298 g/mol. The van der Waals surface area contributed by atoms with E-state index in [1.165, 1.54) is 19.1 Å². The molecule has 3 rings (SSSR count). The Kier molecular flexibility index (Phi) is 4.24. The number of carbonyl (C=O) groups excluding carboxylic acids is 1. The number of likely N-dealkylation sites (tertiary alicyclic amines) is 1. The van der Waals surface area contributed by atoms with Crippen LogP contribution >= 0.6 is 0 Å². The van der Waals surface area contributed by atoms with Gasteiger partial charge in [0.25, 0.3) is 5.69 Å². The molecule has 0 saturated carbocycles. The Morgan fingerprint density at radius 3 is 3.09 bits per heavy atom. The number of hydrogen-bond donors (Lipinski definition) is 1. The van der Waals surface area contributed by atoms with Crippen molar-refractivity contribution in [1.29, 1.82) is 0 Å². The number of nitrogens with one attached hydrogen (secondary N) is 1. The zero-order valence-electron chi connectivity index (χ0n) is 12.9. The molecule has 2 aromatic rings. The van der Waals surface area contributed by atoms with E-state index in [9.17, 15) is 14.9 Å². The first-order valence-electron chi connectivity index (χ1n) is 7.62. The van der Waals surface area contributed by atoms with Gasteiger partial charge in [-0.1, -0.05) is 0 Å². The second-order valence-electron chi connectivity index (χ2n) is 5.90. The third-order valence-electron chi connectivity index (χ3n) is 4.08. The molecule has 0 radical (unpaired) electrons. The van der Waals surface area contributed by atoms with Gasteiger partial charge in [-0.2, -0.15) is 5.10 Å². The molecule has 1 aliphatic heterocycles. The fourth-order valence-electron chi connectivity index (χ4n) is 3.08. The Balaban J connectivity index is 1.73. The summed E-state index contributed by atoms with van der Waals surface area (Å²) in [5.74, 6) is -0.00583. The summed E-state index contributed by atoms with van der Waals surface area (Å²) in [6, 6.07) is 4.94. The van der Waals surface area contributed by atoms with Crippen LogP contribution in [-0.2, 0) is 11.5 Å². The van der Waals surface area contributed by atoms with Crippen molar-refractivity contribution < 1.29 is 9.72 Å². The van der Waals surface area contributed by atoms with Crippen LogP contribution in [0.5, 0.6) is 0 Å². The summed E-state index contributed by atoms with van der Waals surface area (Å²) in [7, 11) is 0. The minimum absolute atomic E-state index is 0.00583. The summed E-state index contributed by atoms with van der Waals surface area (Å²) in [6.07, 6.45) is 3.66. The third kappa shape index (κ3) is 3.48. The molecule has 1 saturated heterocycles. The minimum Gasteiger partial charge on any atom is -0.352 e. The molecule has 1 N–H and O–H groups in total. The van der Waals surface area contributed by atoms with Crippen LogP contribution in [0.15, 0.2) is 24.4 Å².